The van der Waals surface area contributed by atoms with Gasteiger partial charge in [0.1, 0.15) is 0 Å². The molecule has 0 spiro atoms. The summed E-state index contributed by atoms with van der Waals surface area (Å²) in [6, 6.07) is 10.5. The zero-order valence-corrected chi connectivity index (χ0v) is 21.4. The standard InChI is InChI=1S/C26H33B2NO5/c1-23(2)24(3,4)32-27(31-23)17-9-10-20-19(14-17)29-12-11-16-13-18(15-21(30-20)22(16)29)28-33-25(5,6)26(7,8)34-28/h9-10,13-15H,11-12H2,1-8H3. The molecule has 6 rings (SSSR count). The highest BCUT2D eigenvalue weighted by atomic mass is 16.7. The lowest BCUT2D eigenvalue weighted by Gasteiger charge is -2.32. The van der Waals surface area contributed by atoms with Crippen LogP contribution >= 0.6 is 0 Å². The third-order valence-electron chi connectivity index (χ3n) is 8.60. The van der Waals surface area contributed by atoms with Crippen LogP contribution in [0.5, 0.6) is 11.5 Å². The molecule has 4 heterocycles. The molecule has 4 aliphatic rings. The van der Waals surface area contributed by atoms with Crippen molar-refractivity contribution in [3.63, 3.8) is 0 Å². The van der Waals surface area contributed by atoms with Crippen LogP contribution in [0.15, 0.2) is 30.3 Å². The van der Waals surface area contributed by atoms with Crippen LogP contribution in [-0.2, 0) is 25.0 Å². The highest BCUT2D eigenvalue weighted by Gasteiger charge is 2.53. The molecule has 2 aromatic rings. The van der Waals surface area contributed by atoms with Crippen molar-refractivity contribution in [3.8, 4) is 11.5 Å². The SMILES string of the molecule is CC1(C)OB(c2cc3c4c(c2)Oc2ccc(B5OC(C)(C)C(C)(C)O5)cc2N4CC3)OC1(C)C. The molecular weight excluding hydrogens is 428 g/mol. The third kappa shape index (κ3) is 3.12. The van der Waals surface area contributed by atoms with Crippen LogP contribution in [0.3, 0.4) is 0 Å². The van der Waals surface area contributed by atoms with Crippen molar-refractivity contribution < 1.29 is 23.4 Å². The van der Waals surface area contributed by atoms with Crippen molar-refractivity contribution in [3.05, 3.63) is 35.9 Å². The number of anilines is 2. The first-order chi connectivity index (χ1) is 15.8. The minimum absolute atomic E-state index is 0.374. The average Bonchev–Trinajstić information content (AvgIpc) is 3.32. The summed E-state index contributed by atoms with van der Waals surface area (Å²) in [7, 11) is -0.805. The van der Waals surface area contributed by atoms with E-state index in [1.165, 1.54) is 5.56 Å². The second-order valence-corrected chi connectivity index (χ2v) is 11.9. The van der Waals surface area contributed by atoms with Crippen molar-refractivity contribution >= 4 is 36.5 Å². The summed E-state index contributed by atoms with van der Waals surface area (Å²) < 4.78 is 31.6. The van der Waals surface area contributed by atoms with Gasteiger partial charge in [-0.25, -0.2) is 0 Å². The van der Waals surface area contributed by atoms with E-state index in [-0.39, 0.29) is 22.4 Å². The van der Waals surface area contributed by atoms with Gasteiger partial charge in [-0.05, 0) is 96.5 Å². The van der Waals surface area contributed by atoms with Crippen LogP contribution in [-0.4, -0.2) is 43.2 Å². The van der Waals surface area contributed by atoms with E-state index in [0.717, 1.165) is 46.8 Å². The molecule has 0 aromatic heterocycles. The Morgan fingerprint density at radius 2 is 1.24 bits per heavy atom. The Balaban J connectivity index is 1.33. The molecule has 6 nitrogen and oxygen atoms in total. The average molecular weight is 461 g/mol. The topological polar surface area (TPSA) is 49.4 Å². The van der Waals surface area contributed by atoms with E-state index < -0.39 is 14.2 Å². The number of benzene rings is 2. The maximum Gasteiger partial charge on any atom is 0.494 e. The molecule has 2 aromatic carbocycles. The van der Waals surface area contributed by atoms with Crippen LogP contribution in [0.2, 0.25) is 0 Å². The number of rotatable bonds is 2. The normalized spacial score (nSPS) is 24.8. The number of hydrogen-bond acceptors (Lipinski definition) is 6. The molecule has 0 amide bonds. The summed E-state index contributed by atoms with van der Waals surface area (Å²) in [5.74, 6) is 1.70. The smallest absolute Gasteiger partial charge is 0.453 e. The lowest BCUT2D eigenvalue weighted by molar-refractivity contribution is 0.00578. The van der Waals surface area contributed by atoms with Crippen molar-refractivity contribution in [2.24, 2.45) is 0 Å². The molecule has 0 aliphatic carbocycles. The number of fused-ring (bicyclic) bond motifs is 2. The fourth-order valence-electron chi connectivity index (χ4n) is 5.04. The molecule has 34 heavy (non-hydrogen) atoms. The second kappa shape index (κ2) is 6.82. The van der Waals surface area contributed by atoms with E-state index in [1.54, 1.807) is 0 Å². The largest absolute Gasteiger partial charge is 0.494 e. The van der Waals surface area contributed by atoms with Gasteiger partial charge in [-0.1, -0.05) is 12.1 Å². The summed E-state index contributed by atoms with van der Waals surface area (Å²) in [6.07, 6.45) is 0.944. The number of ether oxygens (including phenoxy) is 1. The van der Waals surface area contributed by atoms with Gasteiger partial charge in [-0.15, -0.1) is 0 Å². The first-order valence-electron chi connectivity index (χ1n) is 12.3. The van der Waals surface area contributed by atoms with Crippen molar-refractivity contribution in [1.29, 1.82) is 0 Å². The summed E-state index contributed by atoms with van der Waals surface area (Å²) in [6.45, 7) is 17.5. The minimum atomic E-state index is -0.406. The first kappa shape index (κ1) is 22.5. The molecule has 0 radical (unpaired) electrons. The van der Waals surface area contributed by atoms with Crippen LogP contribution in [0, 0.1) is 0 Å². The lowest BCUT2D eigenvalue weighted by Crippen LogP contribution is -2.41. The van der Waals surface area contributed by atoms with Gasteiger partial charge in [-0.3, -0.25) is 0 Å². The Morgan fingerprint density at radius 3 is 1.82 bits per heavy atom. The fourth-order valence-corrected chi connectivity index (χ4v) is 5.04. The number of nitrogens with zero attached hydrogens (tertiary/aromatic N) is 1. The predicted molar refractivity (Wildman–Crippen MR) is 135 cm³/mol. The molecule has 4 aliphatic heterocycles. The van der Waals surface area contributed by atoms with Gasteiger partial charge < -0.3 is 28.3 Å². The molecule has 0 unspecified atom stereocenters. The number of hydrogen-bond donors (Lipinski definition) is 0. The van der Waals surface area contributed by atoms with Crippen LogP contribution in [0.4, 0.5) is 11.4 Å². The molecule has 2 fully saturated rings. The highest BCUT2D eigenvalue weighted by molar-refractivity contribution is 6.62. The summed E-state index contributed by atoms with van der Waals surface area (Å²) in [5, 5.41) is 0. The van der Waals surface area contributed by atoms with E-state index in [4.69, 9.17) is 23.4 Å². The zero-order chi connectivity index (χ0) is 24.3. The molecular formula is C26H33B2NO5. The molecule has 0 saturated carbocycles. The van der Waals surface area contributed by atoms with Gasteiger partial charge in [0.05, 0.1) is 33.8 Å². The second-order valence-electron chi connectivity index (χ2n) is 11.9. The summed E-state index contributed by atoms with van der Waals surface area (Å²) in [5.41, 5.74) is 3.96. The van der Waals surface area contributed by atoms with Gasteiger partial charge in [0.15, 0.2) is 11.5 Å². The van der Waals surface area contributed by atoms with Crippen molar-refractivity contribution in [2.75, 3.05) is 11.4 Å². The maximum absolute atomic E-state index is 6.44. The Kier molecular flexibility index (Phi) is 4.51. The quantitative estimate of drug-likeness (QED) is 0.629. The molecule has 2 saturated heterocycles. The third-order valence-corrected chi connectivity index (χ3v) is 8.60. The van der Waals surface area contributed by atoms with Gasteiger partial charge in [0, 0.05) is 6.54 Å². The Labute approximate surface area is 203 Å². The van der Waals surface area contributed by atoms with Crippen molar-refractivity contribution in [1.82, 2.24) is 0 Å². The van der Waals surface area contributed by atoms with Gasteiger partial charge in [-0.2, -0.15) is 0 Å². The van der Waals surface area contributed by atoms with E-state index in [1.807, 2.05) is 12.1 Å². The van der Waals surface area contributed by atoms with E-state index in [0.29, 0.717) is 0 Å². The molecule has 8 heteroatoms. The van der Waals surface area contributed by atoms with Crippen LogP contribution in [0.25, 0.3) is 0 Å². The Bertz CT molecular complexity index is 1160. The fraction of sp³-hybridized carbons (Fsp3) is 0.538. The Hall–Kier alpha value is -1.99. The van der Waals surface area contributed by atoms with E-state index in [9.17, 15) is 0 Å². The van der Waals surface area contributed by atoms with Gasteiger partial charge >= 0.3 is 14.2 Å². The predicted octanol–water partition coefficient (Wildman–Crippen LogP) is 4.08. The molecule has 0 bridgehead atoms. The van der Waals surface area contributed by atoms with Crippen molar-refractivity contribution in [2.45, 2.75) is 84.2 Å². The minimum Gasteiger partial charge on any atom is -0.453 e. The monoisotopic (exact) mass is 461 g/mol. The highest BCUT2D eigenvalue weighted by Crippen LogP contribution is 2.51. The summed E-state index contributed by atoms with van der Waals surface area (Å²) in [4.78, 5) is 2.35. The maximum atomic E-state index is 6.44. The first-order valence-corrected chi connectivity index (χ1v) is 12.3. The zero-order valence-electron chi connectivity index (χ0n) is 21.4. The van der Waals surface area contributed by atoms with Crippen LogP contribution < -0.4 is 20.6 Å². The summed E-state index contributed by atoms with van der Waals surface area (Å²) >= 11 is 0. The Morgan fingerprint density at radius 1 is 0.676 bits per heavy atom. The van der Waals surface area contributed by atoms with E-state index >= 15 is 0 Å². The molecule has 0 N–H and O–H groups in total. The molecule has 178 valence electrons. The molecule has 0 atom stereocenters. The lowest BCUT2D eigenvalue weighted by atomic mass is 9.77. The van der Waals surface area contributed by atoms with Gasteiger partial charge in [0.2, 0.25) is 0 Å². The van der Waals surface area contributed by atoms with Crippen LogP contribution in [0.1, 0.15) is 61.0 Å². The van der Waals surface area contributed by atoms with Gasteiger partial charge in [0.25, 0.3) is 0 Å². The van der Waals surface area contributed by atoms with E-state index in [2.05, 4.69) is 78.5 Å².